The van der Waals surface area contributed by atoms with E-state index >= 15 is 0 Å². The molecule has 1 aliphatic heterocycles. The van der Waals surface area contributed by atoms with Gasteiger partial charge in [0.25, 0.3) is 0 Å². The molecule has 7 heteroatoms. The zero-order valence-electron chi connectivity index (χ0n) is 17.3. The number of carbonyl (C=O) groups is 1. The van der Waals surface area contributed by atoms with Gasteiger partial charge in [-0.3, -0.25) is 4.79 Å². The van der Waals surface area contributed by atoms with Crippen LogP contribution in [-0.4, -0.2) is 42.3 Å². The third-order valence-corrected chi connectivity index (χ3v) is 7.67. The predicted molar refractivity (Wildman–Crippen MR) is 123 cm³/mol. The standard InChI is InChI=1S/C23H26N2O3S2/c1-27-16-11-12-20(28-2)17(15-16)19-8-5-13-25(19)22(26)10-6-14-29-23-24-18-7-3-4-9-21(18)30-23/h3-4,7,9,11-12,15,19H,5-6,8,10,13-14H2,1-2H3/t19-/m0/s1. The molecule has 158 valence electrons. The van der Waals surface area contributed by atoms with E-state index in [2.05, 4.69) is 11.1 Å². The molecule has 2 aromatic carbocycles. The lowest BCUT2D eigenvalue weighted by molar-refractivity contribution is -0.132. The number of para-hydroxylation sites is 1. The van der Waals surface area contributed by atoms with Crippen molar-refractivity contribution < 1.29 is 14.3 Å². The second-order valence-corrected chi connectivity index (χ2v) is 9.63. The molecular formula is C23H26N2O3S2. The fourth-order valence-electron chi connectivity index (χ4n) is 3.93. The van der Waals surface area contributed by atoms with Crippen LogP contribution in [0.1, 0.15) is 37.3 Å². The van der Waals surface area contributed by atoms with E-state index in [4.69, 9.17) is 9.47 Å². The van der Waals surface area contributed by atoms with Crippen molar-refractivity contribution >= 4 is 39.2 Å². The molecule has 1 saturated heterocycles. The number of hydrogen-bond acceptors (Lipinski definition) is 6. The highest BCUT2D eigenvalue weighted by molar-refractivity contribution is 8.01. The Kier molecular flexibility index (Phi) is 6.79. The summed E-state index contributed by atoms with van der Waals surface area (Å²) in [4.78, 5) is 19.6. The highest BCUT2D eigenvalue weighted by Crippen LogP contribution is 2.39. The largest absolute Gasteiger partial charge is 0.497 e. The molecule has 30 heavy (non-hydrogen) atoms. The minimum absolute atomic E-state index is 0.0551. The Hall–Kier alpha value is -2.25. The van der Waals surface area contributed by atoms with E-state index in [1.807, 2.05) is 41.3 Å². The Bertz CT molecular complexity index is 988. The first-order valence-electron chi connectivity index (χ1n) is 10.2. The van der Waals surface area contributed by atoms with E-state index in [9.17, 15) is 4.79 Å². The van der Waals surface area contributed by atoms with Gasteiger partial charge in [0.05, 0.1) is 30.5 Å². The van der Waals surface area contributed by atoms with Gasteiger partial charge in [-0.1, -0.05) is 23.9 Å². The maximum absolute atomic E-state index is 13.0. The van der Waals surface area contributed by atoms with Crippen LogP contribution in [0, 0.1) is 0 Å². The van der Waals surface area contributed by atoms with Crippen LogP contribution in [0.15, 0.2) is 46.8 Å². The number of methoxy groups -OCH3 is 2. The number of thioether (sulfide) groups is 1. The number of benzene rings is 2. The molecule has 0 saturated carbocycles. The molecule has 0 N–H and O–H groups in total. The summed E-state index contributed by atoms with van der Waals surface area (Å²) in [5, 5.41) is 0. The first-order chi connectivity index (χ1) is 14.7. The van der Waals surface area contributed by atoms with Crippen LogP contribution < -0.4 is 9.47 Å². The van der Waals surface area contributed by atoms with Crippen LogP contribution in [-0.2, 0) is 4.79 Å². The second kappa shape index (κ2) is 9.71. The van der Waals surface area contributed by atoms with Gasteiger partial charge in [0.1, 0.15) is 11.5 Å². The Morgan fingerprint density at radius 3 is 2.90 bits per heavy atom. The van der Waals surface area contributed by atoms with Gasteiger partial charge in [-0.05, 0) is 49.6 Å². The molecule has 3 aromatic rings. The molecule has 1 amide bonds. The summed E-state index contributed by atoms with van der Waals surface area (Å²) in [6.45, 7) is 0.800. The first kappa shape index (κ1) is 21.0. The van der Waals surface area contributed by atoms with Crippen molar-refractivity contribution in [3.8, 4) is 11.5 Å². The molecular weight excluding hydrogens is 416 g/mol. The van der Waals surface area contributed by atoms with Crippen LogP contribution in [0.2, 0.25) is 0 Å². The van der Waals surface area contributed by atoms with Crippen molar-refractivity contribution in [3.63, 3.8) is 0 Å². The Morgan fingerprint density at radius 1 is 1.23 bits per heavy atom. The van der Waals surface area contributed by atoms with E-state index in [1.54, 1.807) is 37.3 Å². The minimum Gasteiger partial charge on any atom is -0.497 e. The van der Waals surface area contributed by atoms with E-state index in [0.29, 0.717) is 6.42 Å². The van der Waals surface area contributed by atoms with Crippen LogP contribution in [0.25, 0.3) is 10.2 Å². The molecule has 5 nitrogen and oxygen atoms in total. The zero-order chi connectivity index (χ0) is 20.9. The van der Waals surface area contributed by atoms with E-state index < -0.39 is 0 Å². The molecule has 1 aliphatic rings. The van der Waals surface area contributed by atoms with Gasteiger partial charge < -0.3 is 14.4 Å². The monoisotopic (exact) mass is 442 g/mol. The lowest BCUT2D eigenvalue weighted by Gasteiger charge is -2.26. The van der Waals surface area contributed by atoms with Crippen LogP contribution in [0.4, 0.5) is 0 Å². The van der Waals surface area contributed by atoms with Crippen LogP contribution in [0.3, 0.4) is 0 Å². The number of carbonyl (C=O) groups excluding carboxylic acids is 1. The minimum atomic E-state index is 0.0551. The molecule has 1 aromatic heterocycles. The summed E-state index contributed by atoms with van der Waals surface area (Å²) in [6, 6.07) is 14.1. The van der Waals surface area contributed by atoms with E-state index in [0.717, 1.165) is 58.5 Å². The Balaban J connectivity index is 1.34. The number of nitrogens with zero attached hydrogens (tertiary/aromatic N) is 2. The highest BCUT2D eigenvalue weighted by Gasteiger charge is 2.31. The van der Waals surface area contributed by atoms with Gasteiger partial charge in [-0.25, -0.2) is 4.98 Å². The van der Waals surface area contributed by atoms with Crippen LogP contribution >= 0.6 is 23.1 Å². The number of rotatable bonds is 8. The fraction of sp³-hybridized carbons (Fsp3) is 0.391. The van der Waals surface area contributed by atoms with Gasteiger partial charge in [-0.2, -0.15) is 0 Å². The first-order valence-corrected chi connectivity index (χ1v) is 12.0. The number of likely N-dealkylation sites (tertiary alicyclic amines) is 1. The number of ether oxygens (including phenoxy) is 2. The Morgan fingerprint density at radius 2 is 2.10 bits per heavy atom. The quantitative estimate of drug-likeness (QED) is 0.338. The number of amides is 1. The molecule has 0 unspecified atom stereocenters. The number of thiazole rings is 1. The molecule has 0 radical (unpaired) electrons. The molecule has 0 aliphatic carbocycles. The zero-order valence-corrected chi connectivity index (χ0v) is 18.9. The number of aromatic nitrogens is 1. The fourth-order valence-corrected chi connectivity index (χ4v) is 6.01. The van der Waals surface area contributed by atoms with Crippen molar-refractivity contribution in [1.29, 1.82) is 0 Å². The molecule has 2 heterocycles. The normalized spacial score (nSPS) is 16.2. The summed E-state index contributed by atoms with van der Waals surface area (Å²) in [5.41, 5.74) is 2.08. The lowest BCUT2D eigenvalue weighted by Crippen LogP contribution is -2.30. The smallest absolute Gasteiger partial charge is 0.223 e. The van der Waals surface area contributed by atoms with Crippen molar-refractivity contribution in [2.24, 2.45) is 0 Å². The van der Waals surface area contributed by atoms with Gasteiger partial charge in [-0.15, -0.1) is 11.3 Å². The molecule has 4 rings (SSSR count). The number of hydrogen-bond donors (Lipinski definition) is 0. The molecule has 1 fully saturated rings. The van der Waals surface area contributed by atoms with Crippen LogP contribution in [0.5, 0.6) is 11.5 Å². The average molecular weight is 443 g/mol. The van der Waals surface area contributed by atoms with Gasteiger partial charge >= 0.3 is 0 Å². The highest BCUT2D eigenvalue weighted by atomic mass is 32.2. The maximum atomic E-state index is 13.0. The van der Waals surface area contributed by atoms with Crippen molar-refractivity contribution in [2.75, 3.05) is 26.5 Å². The summed E-state index contributed by atoms with van der Waals surface area (Å²) < 4.78 is 13.2. The van der Waals surface area contributed by atoms with Gasteiger partial charge in [0, 0.05) is 24.3 Å². The maximum Gasteiger partial charge on any atom is 0.223 e. The molecule has 0 bridgehead atoms. The van der Waals surface area contributed by atoms with Crippen molar-refractivity contribution in [2.45, 2.75) is 36.1 Å². The van der Waals surface area contributed by atoms with Gasteiger partial charge in [0.2, 0.25) is 5.91 Å². The third-order valence-electron chi connectivity index (χ3n) is 5.40. The van der Waals surface area contributed by atoms with Gasteiger partial charge in [0.15, 0.2) is 4.34 Å². The van der Waals surface area contributed by atoms with E-state index in [-0.39, 0.29) is 11.9 Å². The second-order valence-electron chi connectivity index (χ2n) is 7.25. The summed E-state index contributed by atoms with van der Waals surface area (Å²) in [6.07, 6.45) is 3.37. The molecule has 1 atom stereocenters. The summed E-state index contributed by atoms with van der Waals surface area (Å²) in [7, 11) is 3.33. The topological polar surface area (TPSA) is 51.7 Å². The SMILES string of the molecule is COc1ccc(OC)c([C@@H]2CCCN2C(=O)CCCSc2nc3ccccc3s2)c1. The van der Waals surface area contributed by atoms with Crippen molar-refractivity contribution in [1.82, 2.24) is 9.88 Å². The third kappa shape index (κ3) is 4.57. The average Bonchev–Trinajstić information content (AvgIpc) is 3.43. The van der Waals surface area contributed by atoms with E-state index in [1.165, 1.54) is 4.70 Å². The van der Waals surface area contributed by atoms with Crippen molar-refractivity contribution in [3.05, 3.63) is 48.0 Å². The lowest BCUT2D eigenvalue weighted by atomic mass is 10.0. The Labute approximate surface area is 185 Å². The number of fused-ring (bicyclic) bond motifs is 1. The predicted octanol–water partition coefficient (Wildman–Crippen LogP) is 5.55. The summed E-state index contributed by atoms with van der Waals surface area (Å²) >= 11 is 3.46. The summed E-state index contributed by atoms with van der Waals surface area (Å²) in [5.74, 6) is 2.71. The molecule has 0 spiro atoms.